The average Bonchev–Trinajstić information content (AvgIpc) is 2.40. The molecule has 0 aliphatic heterocycles. The smallest absolute Gasteiger partial charge is 0.124 e. The van der Waals surface area contributed by atoms with Crippen molar-refractivity contribution in [2.75, 3.05) is 5.43 Å². The van der Waals surface area contributed by atoms with Gasteiger partial charge in [0.1, 0.15) is 5.75 Å². The molecule has 21 heavy (non-hydrogen) atoms. The van der Waals surface area contributed by atoms with Gasteiger partial charge in [0.05, 0.1) is 21.4 Å². The van der Waals surface area contributed by atoms with Crippen molar-refractivity contribution in [3.05, 3.63) is 56.0 Å². The van der Waals surface area contributed by atoms with Crippen LogP contribution >= 0.6 is 46.4 Å². The number of hydrogen-bond donors (Lipinski definition) is 2. The Morgan fingerprint density at radius 1 is 1.00 bits per heavy atom. The van der Waals surface area contributed by atoms with E-state index in [1.54, 1.807) is 31.2 Å². The molecule has 0 aromatic heterocycles. The first kappa shape index (κ1) is 16.2. The second kappa shape index (κ2) is 6.75. The first-order valence-electron chi connectivity index (χ1n) is 5.82. The normalized spacial score (nSPS) is 11.6. The predicted octanol–water partition coefficient (Wildman–Crippen LogP) is 5.84. The van der Waals surface area contributed by atoms with Gasteiger partial charge < -0.3 is 5.11 Å². The van der Waals surface area contributed by atoms with Gasteiger partial charge in [-0.15, -0.1) is 0 Å². The van der Waals surface area contributed by atoms with Crippen LogP contribution in [0.5, 0.6) is 5.75 Å². The molecule has 0 saturated carbocycles. The Morgan fingerprint density at radius 2 is 1.62 bits per heavy atom. The second-order valence-corrected chi connectivity index (χ2v) is 5.90. The van der Waals surface area contributed by atoms with Crippen LogP contribution in [-0.2, 0) is 0 Å². The van der Waals surface area contributed by atoms with Crippen LogP contribution in [0, 0.1) is 0 Å². The summed E-state index contributed by atoms with van der Waals surface area (Å²) in [5.74, 6) is 0.0794. The zero-order valence-corrected chi connectivity index (χ0v) is 13.8. The maximum atomic E-state index is 9.81. The molecule has 0 saturated heterocycles. The number of nitrogens with one attached hydrogen (secondary N) is 1. The van der Waals surface area contributed by atoms with Crippen molar-refractivity contribution in [2.24, 2.45) is 5.10 Å². The zero-order valence-electron chi connectivity index (χ0n) is 10.8. The topological polar surface area (TPSA) is 44.6 Å². The van der Waals surface area contributed by atoms with Crippen LogP contribution in [0.3, 0.4) is 0 Å². The highest BCUT2D eigenvalue weighted by Crippen LogP contribution is 2.33. The van der Waals surface area contributed by atoms with E-state index < -0.39 is 0 Å². The van der Waals surface area contributed by atoms with Crippen LogP contribution < -0.4 is 5.43 Å². The lowest BCUT2D eigenvalue weighted by molar-refractivity contribution is 0.474. The number of rotatable bonds is 3. The molecule has 0 atom stereocenters. The van der Waals surface area contributed by atoms with Crippen LogP contribution in [0.15, 0.2) is 35.4 Å². The summed E-state index contributed by atoms with van der Waals surface area (Å²) >= 11 is 23.8. The maximum Gasteiger partial charge on any atom is 0.124 e. The molecule has 110 valence electrons. The molecule has 0 fully saturated rings. The van der Waals surface area contributed by atoms with E-state index in [0.717, 1.165) is 0 Å². The van der Waals surface area contributed by atoms with Crippen molar-refractivity contribution in [2.45, 2.75) is 6.92 Å². The fourth-order valence-electron chi connectivity index (χ4n) is 1.65. The van der Waals surface area contributed by atoms with E-state index >= 15 is 0 Å². The fourth-order valence-corrected chi connectivity index (χ4v) is 2.72. The Hall–Kier alpha value is -1.13. The van der Waals surface area contributed by atoms with Gasteiger partial charge in [0.25, 0.3) is 0 Å². The second-order valence-electron chi connectivity index (χ2n) is 4.21. The lowest BCUT2D eigenvalue weighted by Crippen LogP contribution is -2.01. The molecular weight excluding hydrogens is 354 g/mol. The van der Waals surface area contributed by atoms with Gasteiger partial charge in [0, 0.05) is 15.6 Å². The third-order valence-corrected chi connectivity index (χ3v) is 3.74. The van der Waals surface area contributed by atoms with Crippen LogP contribution in [0.2, 0.25) is 20.1 Å². The van der Waals surface area contributed by atoms with Crippen LogP contribution in [-0.4, -0.2) is 10.8 Å². The van der Waals surface area contributed by atoms with Crippen molar-refractivity contribution in [1.29, 1.82) is 0 Å². The van der Waals surface area contributed by atoms with Crippen LogP contribution in [0.25, 0.3) is 0 Å². The molecule has 2 N–H and O–H groups in total. The summed E-state index contributed by atoms with van der Waals surface area (Å²) in [5, 5.41) is 15.6. The highest BCUT2D eigenvalue weighted by molar-refractivity contribution is 6.41. The molecule has 2 aromatic rings. The van der Waals surface area contributed by atoms with E-state index in [1.165, 1.54) is 6.07 Å². The van der Waals surface area contributed by atoms with Crippen molar-refractivity contribution in [3.8, 4) is 5.75 Å². The first-order valence-corrected chi connectivity index (χ1v) is 7.33. The van der Waals surface area contributed by atoms with Gasteiger partial charge in [0.2, 0.25) is 0 Å². The molecule has 0 unspecified atom stereocenters. The third-order valence-electron chi connectivity index (χ3n) is 2.69. The number of aromatic hydroxyl groups is 1. The number of anilines is 1. The van der Waals surface area contributed by atoms with E-state index in [0.29, 0.717) is 37.1 Å². The molecule has 7 heteroatoms. The van der Waals surface area contributed by atoms with Crippen molar-refractivity contribution < 1.29 is 5.11 Å². The molecule has 0 radical (unpaired) electrons. The Kier molecular flexibility index (Phi) is 5.22. The SMILES string of the molecule is C/C(=N\Nc1c(Cl)cc(Cl)cc1Cl)c1cc(Cl)ccc1O. The number of benzene rings is 2. The molecule has 2 aromatic carbocycles. The van der Waals surface area contributed by atoms with Gasteiger partial charge in [-0.3, -0.25) is 5.43 Å². The Labute approximate surface area is 142 Å². The average molecular weight is 364 g/mol. The van der Waals surface area contributed by atoms with Crippen molar-refractivity contribution in [1.82, 2.24) is 0 Å². The molecule has 0 spiro atoms. The number of hydrogen-bond acceptors (Lipinski definition) is 3. The van der Waals surface area contributed by atoms with E-state index in [9.17, 15) is 5.11 Å². The largest absolute Gasteiger partial charge is 0.507 e. The Bertz CT molecular complexity index is 693. The number of hydrazone groups is 1. The standard InChI is InChI=1S/C14H10Cl4N2O/c1-7(10-4-8(15)2-3-13(10)21)19-20-14-11(17)5-9(16)6-12(14)18/h2-6,20-21H,1H3/b19-7+. The number of halogens is 4. The van der Waals surface area contributed by atoms with Gasteiger partial charge >= 0.3 is 0 Å². The molecule has 3 nitrogen and oxygen atoms in total. The van der Waals surface area contributed by atoms with E-state index in [1.807, 2.05) is 0 Å². The Morgan fingerprint density at radius 3 is 2.24 bits per heavy atom. The minimum atomic E-state index is 0.0794. The zero-order chi connectivity index (χ0) is 15.6. The maximum absolute atomic E-state index is 9.81. The summed E-state index contributed by atoms with van der Waals surface area (Å²) in [6.45, 7) is 1.72. The van der Waals surface area contributed by atoms with E-state index in [4.69, 9.17) is 46.4 Å². The van der Waals surface area contributed by atoms with Crippen LogP contribution in [0.4, 0.5) is 5.69 Å². The van der Waals surface area contributed by atoms with Gasteiger partial charge in [-0.25, -0.2) is 0 Å². The van der Waals surface area contributed by atoms with E-state index in [2.05, 4.69) is 10.5 Å². The lowest BCUT2D eigenvalue weighted by atomic mass is 10.1. The summed E-state index contributed by atoms with van der Waals surface area (Å²) in [5.41, 5.74) is 4.23. The van der Waals surface area contributed by atoms with Gasteiger partial charge in [0.15, 0.2) is 0 Å². The molecule has 0 bridgehead atoms. The van der Waals surface area contributed by atoms with Crippen molar-refractivity contribution in [3.63, 3.8) is 0 Å². The number of phenolic OH excluding ortho intramolecular Hbond substituents is 1. The van der Waals surface area contributed by atoms with Crippen LogP contribution in [0.1, 0.15) is 12.5 Å². The summed E-state index contributed by atoms with van der Waals surface area (Å²) in [4.78, 5) is 0. The summed E-state index contributed by atoms with van der Waals surface area (Å²) < 4.78 is 0. The highest BCUT2D eigenvalue weighted by atomic mass is 35.5. The number of phenols is 1. The summed E-state index contributed by atoms with van der Waals surface area (Å²) in [6, 6.07) is 7.81. The Balaban J connectivity index is 2.31. The summed E-state index contributed by atoms with van der Waals surface area (Å²) in [6.07, 6.45) is 0. The molecule has 0 amide bonds. The highest BCUT2D eigenvalue weighted by Gasteiger charge is 2.09. The van der Waals surface area contributed by atoms with Crippen molar-refractivity contribution >= 4 is 57.8 Å². The minimum Gasteiger partial charge on any atom is -0.507 e. The molecule has 2 rings (SSSR count). The van der Waals surface area contributed by atoms with Gasteiger partial charge in [-0.1, -0.05) is 46.4 Å². The van der Waals surface area contributed by atoms with Gasteiger partial charge in [-0.05, 0) is 37.3 Å². The van der Waals surface area contributed by atoms with E-state index in [-0.39, 0.29) is 5.75 Å². The third kappa shape index (κ3) is 3.95. The lowest BCUT2D eigenvalue weighted by Gasteiger charge is -2.09. The molecular formula is C14H10Cl4N2O. The number of nitrogens with zero attached hydrogens (tertiary/aromatic N) is 1. The minimum absolute atomic E-state index is 0.0794. The fraction of sp³-hybridized carbons (Fsp3) is 0.0714. The monoisotopic (exact) mass is 362 g/mol. The summed E-state index contributed by atoms with van der Waals surface area (Å²) in [7, 11) is 0. The molecule has 0 heterocycles. The predicted molar refractivity (Wildman–Crippen MR) is 90.4 cm³/mol. The van der Waals surface area contributed by atoms with Gasteiger partial charge in [-0.2, -0.15) is 5.10 Å². The quantitative estimate of drug-likeness (QED) is 0.531. The molecule has 0 aliphatic rings. The molecule has 0 aliphatic carbocycles. The first-order chi connectivity index (χ1) is 9.88.